The van der Waals surface area contributed by atoms with E-state index < -0.39 is 0 Å². The summed E-state index contributed by atoms with van der Waals surface area (Å²) < 4.78 is 11.1. The average Bonchev–Trinajstić information content (AvgIpc) is 2.36. The molecule has 0 radical (unpaired) electrons. The van der Waals surface area contributed by atoms with Gasteiger partial charge in [0, 0.05) is 5.56 Å². The van der Waals surface area contributed by atoms with E-state index in [1.165, 1.54) is 0 Å². The van der Waals surface area contributed by atoms with E-state index in [1.807, 2.05) is 45.0 Å². The van der Waals surface area contributed by atoms with Crippen molar-refractivity contribution in [3.8, 4) is 11.5 Å². The Morgan fingerprint density at radius 3 is 2.45 bits per heavy atom. The monoisotopic (exact) mass is 294 g/mol. The smallest absolute Gasteiger partial charge is 0.138 e. The summed E-state index contributed by atoms with van der Waals surface area (Å²) in [5, 5.41) is 11.8. The molecule has 2 aromatic rings. The molecule has 0 unspecified atom stereocenters. The van der Waals surface area contributed by atoms with Gasteiger partial charge in [-0.25, -0.2) is 0 Å². The number of fused-ring (bicyclic) bond motifs is 1. The second-order valence-electron chi connectivity index (χ2n) is 5.63. The van der Waals surface area contributed by atoms with Crippen LogP contribution in [-0.2, 0) is 6.61 Å². The molecule has 1 N–H and O–H groups in total. The molecule has 108 valence electrons. The molecule has 0 bridgehead atoms. The van der Waals surface area contributed by atoms with E-state index in [2.05, 4.69) is 0 Å². The van der Waals surface area contributed by atoms with Gasteiger partial charge >= 0.3 is 0 Å². The van der Waals surface area contributed by atoms with Crippen molar-refractivity contribution in [2.24, 2.45) is 0 Å². The van der Waals surface area contributed by atoms with Gasteiger partial charge < -0.3 is 14.6 Å². The highest BCUT2D eigenvalue weighted by atomic mass is 35.5. The zero-order valence-corrected chi connectivity index (χ0v) is 12.9. The number of methoxy groups -OCH3 is 1. The number of hydrogen-bond donors (Lipinski definition) is 1. The van der Waals surface area contributed by atoms with Crippen LogP contribution >= 0.6 is 11.6 Å². The molecule has 0 aliphatic rings. The van der Waals surface area contributed by atoms with E-state index >= 15 is 0 Å². The van der Waals surface area contributed by atoms with E-state index in [-0.39, 0.29) is 12.2 Å². The van der Waals surface area contributed by atoms with E-state index in [4.69, 9.17) is 21.1 Å². The van der Waals surface area contributed by atoms with E-state index in [0.717, 1.165) is 16.5 Å². The van der Waals surface area contributed by atoms with Crippen LogP contribution in [0.1, 0.15) is 26.3 Å². The van der Waals surface area contributed by atoms with Crippen molar-refractivity contribution in [3.63, 3.8) is 0 Å². The summed E-state index contributed by atoms with van der Waals surface area (Å²) in [5.41, 5.74) is 0.410. The van der Waals surface area contributed by atoms with Gasteiger partial charge in [-0.2, -0.15) is 0 Å². The molecular weight excluding hydrogens is 276 g/mol. The minimum atomic E-state index is -0.260. The first-order chi connectivity index (χ1) is 9.35. The topological polar surface area (TPSA) is 38.7 Å². The minimum absolute atomic E-state index is 0.133. The van der Waals surface area contributed by atoms with Crippen molar-refractivity contribution in [3.05, 3.63) is 34.9 Å². The summed E-state index contributed by atoms with van der Waals surface area (Å²) in [6, 6.07) is 7.58. The number of aliphatic hydroxyl groups is 1. The maximum atomic E-state index is 9.52. The Morgan fingerprint density at radius 2 is 1.90 bits per heavy atom. The molecule has 0 heterocycles. The molecular formula is C16H19ClO3. The SMILES string of the molecule is COc1cc2cc(OC(C)(C)C)ccc2c(CO)c1Cl. The van der Waals surface area contributed by atoms with E-state index in [0.29, 0.717) is 16.3 Å². The minimum Gasteiger partial charge on any atom is -0.495 e. The molecule has 20 heavy (non-hydrogen) atoms. The van der Waals surface area contributed by atoms with Gasteiger partial charge in [0.05, 0.1) is 18.7 Å². The molecule has 4 heteroatoms. The van der Waals surface area contributed by atoms with E-state index in [1.54, 1.807) is 7.11 Å². The van der Waals surface area contributed by atoms with Crippen LogP contribution in [0, 0.1) is 0 Å². The van der Waals surface area contributed by atoms with Crippen LogP contribution in [0.4, 0.5) is 0 Å². The second-order valence-corrected chi connectivity index (χ2v) is 6.00. The van der Waals surface area contributed by atoms with Gasteiger partial charge in [-0.3, -0.25) is 0 Å². The lowest BCUT2D eigenvalue weighted by Gasteiger charge is -2.22. The second kappa shape index (κ2) is 5.51. The van der Waals surface area contributed by atoms with Crippen molar-refractivity contribution in [2.75, 3.05) is 7.11 Å². The lowest BCUT2D eigenvalue weighted by atomic mass is 10.0. The van der Waals surface area contributed by atoms with Crippen molar-refractivity contribution in [1.29, 1.82) is 0 Å². The predicted molar refractivity (Wildman–Crippen MR) is 81.8 cm³/mol. The van der Waals surface area contributed by atoms with Crippen LogP contribution in [0.5, 0.6) is 11.5 Å². The zero-order chi connectivity index (χ0) is 14.9. The van der Waals surface area contributed by atoms with Crippen LogP contribution in [0.15, 0.2) is 24.3 Å². The van der Waals surface area contributed by atoms with Crippen LogP contribution in [0.25, 0.3) is 10.8 Å². The summed E-state index contributed by atoms with van der Waals surface area (Å²) in [7, 11) is 1.56. The normalized spacial score (nSPS) is 11.7. The molecule has 0 saturated carbocycles. The quantitative estimate of drug-likeness (QED) is 0.923. The Kier molecular flexibility index (Phi) is 4.11. The number of halogens is 1. The standard InChI is InChI=1S/C16H19ClO3/c1-16(2,3)20-11-5-6-12-10(7-11)8-14(19-4)15(17)13(12)9-18/h5-8,18H,9H2,1-4H3. The lowest BCUT2D eigenvalue weighted by Crippen LogP contribution is -2.22. The number of hydrogen-bond acceptors (Lipinski definition) is 3. The molecule has 0 aromatic heterocycles. The number of benzene rings is 2. The summed E-state index contributed by atoms with van der Waals surface area (Å²) in [5.74, 6) is 1.33. The zero-order valence-electron chi connectivity index (χ0n) is 12.2. The van der Waals surface area contributed by atoms with Gasteiger partial charge in [0.2, 0.25) is 0 Å². The highest BCUT2D eigenvalue weighted by molar-refractivity contribution is 6.34. The van der Waals surface area contributed by atoms with Crippen LogP contribution < -0.4 is 9.47 Å². The average molecular weight is 295 g/mol. The van der Waals surface area contributed by atoms with Crippen molar-refractivity contribution >= 4 is 22.4 Å². The van der Waals surface area contributed by atoms with Gasteiger partial charge in [-0.15, -0.1) is 0 Å². The summed E-state index contributed by atoms with van der Waals surface area (Å²) >= 11 is 6.22. The van der Waals surface area contributed by atoms with Gasteiger partial charge in [0.15, 0.2) is 0 Å². The Morgan fingerprint density at radius 1 is 1.20 bits per heavy atom. The Hall–Kier alpha value is -1.45. The fourth-order valence-corrected chi connectivity index (χ4v) is 2.42. The number of aliphatic hydroxyl groups excluding tert-OH is 1. The maximum absolute atomic E-state index is 9.52. The van der Waals surface area contributed by atoms with Crippen molar-refractivity contribution in [1.82, 2.24) is 0 Å². The molecule has 0 aliphatic heterocycles. The molecule has 2 aromatic carbocycles. The number of ether oxygens (including phenoxy) is 2. The molecule has 0 atom stereocenters. The van der Waals surface area contributed by atoms with E-state index in [9.17, 15) is 5.11 Å². The van der Waals surface area contributed by atoms with Gasteiger partial charge in [0.25, 0.3) is 0 Å². The van der Waals surface area contributed by atoms with Crippen molar-refractivity contribution < 1.29 is 14.6 Å². The molecule has 2 rings (SSSR count). The summed E-state index contributed by atoms with van der Waals surface area (Å²) in [6.45, 7) is 5.86. The molecule has 0 fully saturated rings. The fraction of sp³-hybridized carbons (Fsp3) is 0.375. The summed E-state index contributed by atoms with van der Waals surface area (Å²) in [4.78, 5) is 0. The fourth-order valence-electron chi connectivity index (χ4n) is 2.13. The molecule has 0 amide bonds. The van der Waals surface area contributed by atoms with Crippen LogP contribution in [0.3, 0.4) is 0 Å². The Balaban J connectivity index is 2.60. The first-order valence-corrected chi connectivity index (χ1v) is 6.82. The molecule has 0 saturated heterocycles. The van der Waals surface area contributed by atoms with Gasteiger partial charge in [-0.1, -0.05) is 17.7 Å². The maximum Gasteiger partial charge on any atom is 0.138 e. The Bertz CT molecular complexity index is 630. The van der Waals surface area contributed by atoms with Gasteiger partial charge in [0.1, 0.15) is 17.1 Å². The van der Waals surface area contributed by atoms with Crippen LogP contribution in [0.2, 0.25) is 5.02 Å². The molecule has 0 aliphatic carbocycles. The lowest BCUT2D eigenvalue weighted by molar-refractivity contribution is 0.131. The van der Waals surface area contributed by atoms with Gasteiger partial charge in [-0.05, 0) is 49.7 Å². The number of rotatable bonds is 3. The first kappa shape index (κ1) is 14.9. The third-order valence-electron chi connectivity index (χ3n) is 2.92. The molecule has 0 spiro atoms. The highest BCUT2D eigenvalue weighted by Crippen LogP contribution is 2.36. The third kappa shape index (κ3) is 3.00. The summed E-state index contributed by atoms with van der Waals surface area (Å²) in [6.07, 6.45) is 0. The predicted octanol–water partition coefficient (Wildman–Crippen LogP) is 4.17. The first-order valence-electron chi connectivity index (χ1n) is 6.44. The Labute approximate surface area is 124 Å². The highest BCUT2D eigenvalue weighted by Gasteiger charge is 2.15. The third-order valence-corrected chi connectivity index (χ3v) is 3.33. The largest absolute Gasteiger partial charge is 0.495 e. The molecule has 3 nitrogen and oxygen atoms in total. The van der Waals surface area contributed by atoms with Crippen LogP contribution in [-0.4, -0.2) is 17.8 Å². The van der Waals surface area contributed by atoms with Crippen molar-refractivity contribution in [2.45, 2.75) is 33.0 Å².